The SMILES string of the molecule is CCCCn1nccc1-c1nnc(SCC(=O)OC)s1. The Labute approximate surface area is 125 Å². The third-order valence-electron chi connectivity index (χ3n) is 2.61. The monoisotopic (exact) mass is 312 g/mol. The number of hydrogen-bond acceptors (Lipinski definition) is 7. The van der Waals surface area contributed by atoms with Crippen molar-refractivity contribution >= 4 is 29.1 Å². The third-order valence-corrected chi connectivity index (χ3v) is 4.66. The molecule has 20 heavy (non-hydrogen) atoms. The number of esters is 1. The Morgan fingerprint density at radius 1 is 1.50 bits per heavy atom. The number of aromatic nitrogens is 4. The van der Waals surface area contributed by atoms with Gasteiger partial charge in [0.1, 0.15) is 0 Å². The van der Waals surface area contributed by atoms with Crippen LogP contribution in [0.15, 0.2) is 16.6 Å². The zero-order valence-corrected chi connectivity index (χ0v) is 13.0. The molecule has 0 spiro atoms. The number of aryl methyl sites for hydroxylation is 1. The Hall–Kier alpha value is -1.41. The van der Waals surface area contributed by atoms with Crippen molar-refractivity contribution < 1.29 is 9.53 Å². The maximum absolute atomic E-state index is 11.1. The Kier molecular flexibility index (Phi) is 5.54. The molecule has 0 atom stereocenters. The molecule has 0 aliphatic carbocycles. The second-order valence-electron chi connectivity index (χ2n) is 4.03. The first-order valence-corrected chi connectivity index (χ1v) is 8.10. The molecule has 6 nitrogen and oxygen atoms in total. The maximum atomic E-state index is 11.1. The average molecular weight is 312 g/mol. The molecule has 2 aromatic heterocycles. The van der Waals surface area contributed by atoms with Gasteiger partial charge in [-0.15, -0.1) is 10.2 Å². The third kappa shape index (κ3) is 3.80. The van der Waals surface area contributed by atoms with E-state index in [2.05, 4.69) is 27.0 Å². The van der Waals surface area contributed by atoms with Gasteiger partial charge in [0.25, 0.3) is 0 Å². The molecule has 0 amide bonds. The van der Waals surface area contributed by atoms with Crippen molar-refractivity contribution in [2.75, 3.05) is 12.9 Å². The van der Waals surface area contributed by atoms with Crippen LogP contribution in [-0.4, -0.2) is 38.8 Å². The van der Waals surface area contributed by atoms with Crippen molar-refractivity contribution in [1.82, 2.24) is 20.0 Å². The number of thioether (sulfide) groups is 1. The van der Waals surface area contributed by atoms with E-state index in [0.717, 1.165) is 34.4 Å². The molecule has 0 radical (unpaired) electrons. The van der Waals surface area contributed by atoms with Crippen molar-refractivity contribution in [1.29, 1.82) is 0 Å². The Balaban J connectivity index is 2.04. The lowest BCUT2D eigenvalue weighted by atomic mass is 10.3. The predicted molar refractivity (Wildman–Crippen MR) is 78.8 cm³/mol. The van der Waals surface area contributed by atoms with Gasteiger partial charge in [-0.2, -0.15) is 5.10 Å². The highest BCUT2D eigenvalue weighted by atomic mass is 32.2. The molecular formula is C12H16N4O2S2. The van der Waals surface area contributed by atoms with Gasteiger partial charge in [0.2, 0.25) is 0 Å². The van der Waals surface area contributed by atoms with Crippen LogP contribution >= 0.6 is 23.1 Å². The van der Waals surface area contributed by atoms with Gasteiger partial charge in [0.15, 0.2) is 9.35 Å². The second kappa shape index (κ2) is 7.39. The molecule has 2 rings (SSSR count). The fourth-order valence-electron chi connectivity index (χ4n) is 1.55. The number of nitrogens with zero attached hydrogens (tertiary/aromatic N) is 4. The average Bonchev–Trinajstić information content (AvgIpc) is 3.10. The molecule has 0 fully saturated rings. The fraction of sp³-hybridized carbons (Fsp3) is 0.500. The largest absolute Gasteiger partial charge is 0.468 e. The standard InChI is InChI=1S/C12H16N4O2S2/c1-3-4-7-16-9(5-6-13-16)11-14-15-12(20-11)19-8-10(17)18-2/h5-6H,3-4,7-8H2,1-2H3. The first-order valence-electron chi connectivity index (χ1n) is 6.30. The molecular weight excluding hydrogens is 296 g/mol. The van der Waals surface area contributed by atoms with Crippen LogP contribution in [0.4, 0.5) is 0 Å². The predicted octanol–water partition coefficient (Wildman–Crippen LogP) is 2.47. The van der Waals surface area contributed by atoms with Crippen molar-refractivity contribution in [2.45, 2.75) is 30.6 Å². The van der Waals surface area contributed by atoms with Gasteiger partial charge in [-0.3, -0.25) is 9.48 Å². The van der Waals surface area contributed by atoms with Crippen molar-refractivity contribution in [2.24, 2.45) is 0 Å². The van der Waals surface area contributed by atoms with E-state index in [4.69, 9.17) is 0 Å². The highest BCUT2D eigenvalue weighted by molar-refractivity contribution is 8.01. The van der Waals surface area contributed by atoms with Crippen LogP contribution in [0.2, 0.25) is 0 Å². The van der Waals surface area contributed by atoms with E-state index in [-0.39, 0.29) is 11.7 Å². The summed E-state index contributed by atoms with van der Waals surface area (Å²) in [6, 6.07) is 1.94. The Bertz CT molecular complexity index is 567. The molecule has 0 saturated heterocycles. The van der Waals surface area contributed by atoms with Gasteiger partial charge < -0.3 is 4.74 Å². The van der Waals surface area contributed by atoms with E-state index < -0.39 is 0 Å². The summed E-state index contributed by atoms with van der Waals surface area (Å²) in [4.78, 5) is 11.1. The van der Waals surface area contributed by atoms with Gasteiger partial charge in [0.05, 0.1) is 18.6 Å². The Morgan fingerprint density at radius 3 is 3.10 bits per heavy atom. The van der Waals surface area contributed by atoms with E-state index in [1.54, 1.807) is 6.20 Å². The second-order valence-corrected chi connectivity index (χ2v) is 6.23. The van der Waals surface area contributed by atoms with Crippen LogP contribution in [0.25, 0.3) is 10.7 Å². The first-order chi connectivity index (χ1) is 9.74. The molecule has 0 unspecified atom stereocenters. The lowest BCUT2D eigenvalue weighted by Crippen LogP contribution is -2.02. The topological polar surface area (TPSA) is 69.9 Å². The highest BCUT2D eigenvalue weighted by Gasteiger charge is 2.13. The number of methoxy groups -OCH3 is 1. The summed E-state index contributed by atoms with van der Waals surface area (Å²) >= 11 is 2.80. The molecule has 108 valence electrons. The first kappa shape index (κ1) is 15.0. The van der Waals surface area contributed by atoms with Crippen LogP contribution < -0.4 is 0 Å². The number of carbonyl (C=O) groups is 1. The molecule has 0 saturated carbocycles. The molecule has 0 aliphatic rings. The molecule has 2 aromatic rings. The summed E-state index contributed by atoms with van der Waals surface area (Å²) < 4.78 is 7.30. The molecule has 0 N–H and O–H groups in total. The van der Waals surface area contributed by atoms with Crippen LogP contribution in [0.1, 0.15) is 19.8 Å². The van der Waals surface area contributed by atoms with Crippen LogP contribution in [0.3, 0.4) is 0 Å². The zero-order chi connectivity index (χ0) is 14.4. The minimum atomic E-state index is -0.264. The van der Waals surface area contributed by atoms with Gasteiger partial charge in [-0.25, -0.2) is 0 Å². The highest BCUT2D eigenvalue weighted by Crippen LogP contribution is 2.29. The van der Waals surface area contributed by atoms with E-state index in [1.807, 2.05) is 10.7 Å². The lowest BCUT2D eigenvalue weighted by molar-refractivity contribution is -0.137. The number of unbranched alkanes of at least 4 members (excludes halogenated alkanes) is 1. The van der Waals surface area contributed by atoms with E-state index in [0.29, 0.717) is 0 Å². The smallest absolute Gasteiger partial charge is 0.316 e. The molecule has 0 bridgehead atoms. The number of hydrogen-bond donors (Lipinski definition) is 0. The summed E-state index contributed by atoms with van der Waals surface area (Å²) in [5.74, 6) is -0.0139. The van der Waals surface area contributed by atoms with Crippen molar-refractivity contribution in [3.8, 4) is 10.7 Å². The summed E-state index contributed by atoms with van der Waals surface area (Å²) in [7, 11) is 1.38. The van der Waals surface area contributed by atoms with Crippen LogP contribution in [0, 0.1) is 0 Å². The zero-order valence-electron chi connectivity index (χ0n) is 11.4. The van der Waals surface area contributed by atoms with Gasteiger partial charge in [-0.1, -0.05) is 36.4 Å². The summed E-state index contributed by atoms with van der Waals surface area (Å²) in [5.41, 5.74) is 0.973. The maximum Gasteiger partial charge on any atom is 0.316 e. The molecule has 2 heterocycles. The Morgan fingerprint density at radius 2 is 2.35 bits per heavy atom. The number of carbonyl (C=O) groups excluding carboxylic acids is 1. The number of ether oxygens (including phenoxy) is 1. The van der Waals surface area contributed by atoms with E-state index in [9.17, 15) is 4.79 Å². The lowest BCUT2D eigenvalue weighted by Gasteiger charge is -2.02. The fourth-order valence-corrected chi connectivity index (χ4v) is 3.27. The van der Waals surface area contributed by atoms with Crippen molar-refractivity contribution in [3.05, 3.63) is 12.3 Å². The quantitative estimate of drug-likeness (QED) is 0.578. The summed E-state index contributed by atoms with van der Waals surface area (Å²) in [5, 5.41) is 13.4. The molecule has 8 heteroatoms. The van der Waals surface area contributed by atoms with Crippen molar-refractivity contribution in [3.63, 3.8) is 0 Å². The van der Waals surface area contributed by atoms with Crippen LogP contribution in [-0.2, 0) is 16.1 Å². The van der Waals surface area contributed by atoms with Crippen LogP contribution in [0.5, 0.6) is 0 Å². The minimum absolute atomic E-state index is 0.250. The summed E-state index contributed by atoms with van der Waals surface area (Å²) in [6.07, 6.45) is 3.97. The van der Waals surface area contributed by atoms with E-state index >= 15 is 0 Å². The normalized spacial score (nSPS) is 10.7. The molecule has 0 aromatic carbocycles. The molecule has 0 aliphatic heterocycles. The van der Waals surface area contributed by atoms with Gasteiger partial charge >= 0.3 is 5.97 Å². The number of rotatable bonds is 7. The van der Waals surface area contributed by atoms with Gasteiger partial charge in [-0.05, 0) is 12.5 Å². The van der Waals surface area contributed by atoms with Gasteiger partial charge in [0, 0.05) is 12.7 Å². The minimum Gasteiger partial charge on any atom is -0.468 e. The summed E-state index contributed by atoms with van der Waals surface area (Å²) in [6.45, 7) is 3.03. The van der Waals surface area contributed by atoms with E-state index in [1.165, 1.54) is 30.2 Å².